The van der Waals surface area contributed by atoms with Crippen LogP contribution in [0.15, 0.2) is 23.4 Å². The molecule has 0 aliphatic heterocycles. The summed E-state index contributed by atoms with van der Waals surface area (Å²) in [4.78, 5) is 0. The van der Waals surface area contributed by atoms with E-state index in [0.29, 0.717) is 5.92 Å². The molecule has 0 saturated heterocycles. The first-order chi connectivity index (χ1) is 9.28. The fourth-order valence-electron chi connectivity index (χ4n) is 2.56. The number of fused-ring (bicyclic) bond motifs is 1. The lowest BCUT2D eigenvalue weighted by Gasteiger charge is -2.19. The molecule has 0 aromatic heterocycles. The average molecular weight is 261 g/mol. The third-order valence-corrected chi connectivity index (χ3v) is 4.01. The second-order valence-electron chi connectivity index (χ2n) is 5.21. The van der Waals surface area contributed by atoms with Crippen LogP contribution in [0.4, 0.5) is 0 Å². The Morgan fingerprint density at radius 3 is 2.74 bits per heavy atom. The van der Waals surface area contributed by atoms with Crippen molar-refractivity contribution in [2.75, 3.05) is 6.61 Å². The summed E-state index contributed by atoms with van der Waals surface area (Å²) in [5, 5.41) is 12.5. The summed E-state index contributed by atoms with van der Waals surface area (Å²) in [6, 6.07) is 6.15. The molecule has 0 atom stereocenters. The van der Waals surface area contributed by atoms with Gasteiger partial charge in [-0.3, -0.25) is 0 Å². The zero-order valence-electron chi connectivity index (χ0n) is 11.9. The van der Waals surface area contributed by atoms with Crippen molar-refractivity contribution in [3.63, 3.8) is 0 Å². The molecular formula is C16H23NO2. The van der Waals surface area contributed by atoms with E-state index in [2.05, 4.69) is 25.1 Å². The van der Waals surface area contributed by atoms with E-state index < -0.39 is 0 Å². The van der Waals surface area contributed by atoms with E-state index in [0.717, 1.165) is 55.7 Å². The van der Waals surface area contributed by atoms with Crippen LogP contribution in [0, 0.1) is 5.92 Å². The number of aryl methyl sites for hydroxylation is 1. The maximum Gasteiger partial charge on any atom is 0.119 e. The van der Waals surface area contributed by atoms with Gasteiger partial charge in [0.2, 0.25) is 0 Å². The number of hydrogen-bond donors (Lipinski definition) is 1. The lowest BCUT2D eigenvalue weighted by Crippen LogP contribution is -2.14. The quantitative estimate of drug-likeness (QED) is 0.642. The third-order valence-electron chi connectivity index (χ3n) is 4.01. The minimum atomic E-state index is 0.613. The second-order valence-corrected chi connectivity index (χ2v) is 5.21. The van der Waals surface area contributed by atoms with Gasteiger partial charge in [-0.1, -0.05) is 37.9 Å². The monoisotopic (exact) mass is 261 g/mol. The van der Waals surface area contributed by atoms with Crippen molar-refractivity contribution in [1.29, 1.82) is 0 Å². The minimum absolute atomic E-state index is 0.613. The van der Waals surface area contributed by atoms with Gasteiger partial charge in [-0.05, 0) is 42.9 Å². The van der Waals surface area contributed by atoms with E-state index in [1.54, 1.807) is 0 Å². The largest absolute Gasteiger partial charge is 0.493 e. The van der Waals surface area contributed by atoms with Gasteiger partial charge < -0.3 is 9.94 Å². The lowest BCUT2D eigenvalue weighted by atomic mass is 9.90. The van der Waals surface area contributed by atoms with Crippen LogP contribution in [0.3, 0.4) is 0 Å². The number of oxime groups is 1. The van der Waals surface area contributed by atoms with Crippen molar-refractivity contribution >= 4 is 5.71 Å². The molecule has 1 aliphatic rings. The molecule has 0 amide bonds. The second kappa shape index (κ2) is 6.60. The predicted molar refractivity (Wildman–Crippen MR) is 77.3 cm³/mol. The third kappa shape index (κ3) is 3.28. The molecule has 19 heavy (non-hydrogen) atoms. The van der Waals surface area contributed by atoms with Gasteiger partial charge in [0.05, 0.1) is 12.3 Å². The van der Waals surface area contributed by atoms with Crippen molar-refractivity contribution < 1.29 is 9.94 Å². The van der Waals surface area contributed by atoms with Crippen molar-refractivity contribution in [3.8, 4) is 5.75 Å². The number of rotatable bonds is 5. The molecular weight excluding hydrogens is 238 g/mol. The first kappa shape index (κ1) is 13.9. The van der Waals surface area contributed by atoms with Crippen LogP contribution >= 0.6 is 0 Å². The summed E-state index contributed by atoms with van der Waals surface area (Å²) in [5.74, 6) is 1.50. The van der Waals surface area contributed by atoms with Crippen molar-refractivity contribution in [2.24, 2.45) is 11.1 Å². The topological polar surface area (TPSA) is 41.8 Å². The van der Waals surface area contributed by atoms with Gasteiger partial charge in [0.25, 0.3) is 0 Å². The molecule has 0 unspecified atom stereocenters. The molecule has 0 bridgehead atoms. The van der Waals surface area contributed by atoms with Gasteiger partial charge in [0.15, 0.2) is 0 Å². The summed E-state index contributed by atoms with van der Waals surface area (Å²) >= 11 is 0. The average Bonchev–Trinajstić information content (AvgIpc) is 2.47. The SMILES string of the molecule is CCC(CC)COc1ccc2c(c1)/C(=N\O)CCC2. The normalized spacial score (nSPS) is 16.7. The molecule has 3 heteroatoms. The maximum absolute atomic E-state index is 9.07. The van der Waals surface area contributed by atoms with Crippen molar-refractivity contribution in [3.05, 3.63) is 29.3 Å². The summed E-state index contributed by atoms with van der Waals surface area (Å²) in [6.07, 6.45) is 5.25. The summed E-state index contributed by atoms with van der Waals surface area (Å²) < 4.78 is 5.87. The Kier molecular flexibility index (Phi) is 4.83. The highest BCUT2D eigenvalue weighted by molar-refractivity contribution is 6.02. The van der Waals surface area contributed by atoms with Crippen molar-refractivity contribution in [2.45, 2.75) is 46.0 Å². The Balaban J connectivity index is 2.11. The van der Waals surface area contributed by atoms with Crippen LogP contribution in [-0.2, 0) is 6.42 Å². The fourth-order valence-corrected chi connectivity index (χ4v) is 2.56. The van der Waals surface area contributed by atoms with Crippen LogP contribution in [0.25, 0.3) is 0 Å². The van der Waals surface area contributed by atoms with Crippen molar-refractivity contribution in [1.82, 2.24) is 0 Å². The molecule has 0 spiro atoms. The van der Waals surface area contributed by atoms with Gasteiger partial charge in [-0.25, -0.2) is 0 Å². The van der Waals surface area contributed by atoms with Crippen LogP contribution in [0.5, 0.6) is 5.75 Å². The van der Waals surface area contributed by atoms with E-state index in [4.69, 9.17) is 9.94 Å². The van der Waals surface area contributed by atoms with E-state index in [1.807, 2.05) is 12.1 Å². The first-order valence-corrected chi connectivity index (χ1v) is 7.25. The number of hydrogen-bond acceptors (Lipinski definition) is 3. The molecule has 1 aromatic carbocycles. The Morgan fingerprint density at radius 2 is 2.05 bits per heavy atom. The Morgan fingerprint density at radius 1 is 1.26 bits per heavy atom. The Labute approximate surface area is 115 Å². The molecule has 3 nitrogen and oxygen atoms in total. The summed E-state index contributed by atoms with van der Waals surface area (Å²) in [6.45, 7) is 5.15. The van der Waals surface area contributed by atoms with E-state index >= 15 is 0 Å². The lowest BCUT2D eigenvalue weighted by molar-refractivity contribution is 0.240. The standard InChI is InChI=1S/C16H23NO2/c1-3-12(4-2)11-19-14-9-8-13-6-5-7-16(17-18)15(13)10-14/h8-10,12,18H,3-7,11H2,1-2H3/b17-16-. The molecule has 0 heterocycles. The molecule has 2 rings (SSSR count). The molecule has 0 radical (unpaired) electrons. The van der Waals surface area contributed by atoms with E-state index in [-0.39, 0.29) is 0 Å². The zero-order valence-corrected chi connectivity index (χ0v) is 11.9. The molecule has 0 fully saturated rings. The molecule has 104 valence electrons. The molecule has 0 saturated carbocycles. The van der Waals surface area contributed by atoms with Crippen LogP contribution in [0.2, 0.25) is 0 Å². The number of nitrogens with zero attached hydrogens (tertiary/aromatic N) is 1. The Bertz CT molecular complexity index is 450. The summed E-state index contributed by atoms with van der Waals surface area (Å²) in [7, 11) is 0. The van der Waals surface area contributed by atoms with Gasteiger partial charge in [0.1, 0.15) is 5.75 Å². The molecule has 1 N–H and O–H groups in total. The van der Waals surface area contributed by atoms with Crippen LogP contribution in [-0.4, -0.2) is 17.5 Å². The molecule has 1 aromatic rings. The number of ether oxygens (including phenoxy) is 1. The summed E-state index contributed by atoms with van der Waals surface area (Å²) in [5.41, 5.74) is 3.10. The fraction of sp³-hybridized carbons (Fsp3) is 0.562. The smallest absolute Gasteiger partial charge is 0.119 e. The van der Waals surface area contributed by atoms with Gasteiger partial charge in [-0.15, -0.1) is 0 Å². The predicted octanol–water partition coefficient (Wildman–Crippen LogP) is 4.02. The van der Waals surface area contributed by atoms with Crippen LogP contribution < -0.4 is 4.74 Å². The van der Waals surface area contributed by atoms with E-state index in [9.17, 15) is 0 Å². The zero-order chi connectivity index (χ0) is 13.7. The van der Waals surface area contributed by atoms with E-state index in [1.165, 1.54) is 5.56 Å². The Hall–Kier alpha value is -1.51. The first-order valence-electron chi connectivity index (χ1n) is 7.25. The van der Waals surface area contributed by atoms with Crippen LogP contribution in [0.1, 0.15) is 50.7 Å². The maximum atomic E-state index is 9.07. The highest BCUT2D eigenvalue weighted by atomic mass is 16.5. The number of benzene rings is 1. The highest BCUT2D eigenvalue weighted by Gasteiger charge is 2.17. The highest BCUT2D eigenvalue weighted by Crippen LogP contribution is 2.26. The molecule has 1 aliphatic carbocycles. The van der Waals surface area contributed by atoms with Gasteiger partial charge in [-0.2, -0.15) is 0 Å². The van der Waals surface area contributed by atoms with Gasteiger partial charge >= 0.3 is 0 Å². The minimum Gasteiger partial charge on any atom is -0.493 e. The van der Waals surface area contributed by atoms with Gasteiger partial charge in [0, 0.05) is 5.56 Å².